The molecule has 1 amide bonds. The third kappa shape index (κ3) is 4.01. The third-order valence-corrected chi connectivity index (χ3v) is 4.63. The van der Waals surface area contributed by atoms with E-state index in [0.29, 0.717) is 41.5 Å². The summed E-state index contributed by atoms with van der Waals surface area (Å²) in [5.74, 6) is -0.725. The predicted molar refractivity (Wildman–Crippen MR) is 101 cm³/mol. The van der Waals surface area contributed by atoms with Crippen LogP contribution in [0, 0.1) is 0 Å². The number of hydrogen-bond acceptors (Lipinski definition) is 7. The fourth-order valence-electron chi connectivity index (χ4n) is 3.13. The average molecular weight is 397 g/mol. The highest BCUT2D eigenvalue weighted by Crippen LogP contribution is 2.32. The molecule has 2 aliphatic heterocycles. The highest BCUT2D eigenvalue weighted by atomic mass is 16.6. The van der Waals surface area contributed by atoms with Crippen molar-refractivity contribution < 1.29 is 33.3 Å². The number of carbonyl (C=O) groups excluding carboxylic acids is 3. The molecule has 1 N–H and O–H groups in total. The molecule has 8 nitrogen and oxygen atoms in total. The average Bonchev–Trinajstić information content (AvgIpc) is 2.73. The molecule has 2 aromatic rings. The Kier molecular flexibility index (Phi) is 5.07. The van der Waals surface area contributed by atoms with Crippen LogP contribution in [0.3, 0.4) is 0 Å². The molecule has 2 aromatic carbocycles. The van der Waals surface area contributed by atoms with Crippen LogP contribution in [0.5, 0.6) is 11.5 Å². The number of hydrogen-bond donors (Lipinski definition) is 1. The number of anilines is 1. The van der Waals surface area contributed by atoms with Crippen molar-refractivity contribution in [2.75, 3.05) is 18.5 Å². The van der Waals surface area contributed by atoms with E-state index in [1.54, 1.807) is 42.5 Å². The number of amides is 1. The van der Waals surface area contributed by atoms with Crippen molar-refractivity contribution in [3.05, 3.63) is 53.6 Å². The molecular formula is C21H19NO7. The molecule has 0 spiro atoms. The second-order valence-electron chi connectivity index (χ2n) is 6.68. The van der Waals surface area contributed by atoms with Crippen LogP contribution in [0.1, 0.15) is 22.8 Å². The lowest BCUT2D eigenvalue weighted by Gasteiger charge is -2.24. The van der Waals surface area contributed by atoms with E-state index in [1.165, 1.54) is 6.92 Å². The van der Waals surface area contributed by atoms with Crippen LogP contribution < -0.4 is 14.8 Å². The predicted octanol–water partition coefficient (Wildman–Crippen LogP) is 2.11. The number of esters is 2. The van der Waals surface area contributed by atoms with Gasteiger partial charge in [-0.25, -0.2) is 9.59 Å². The monoisotopic (exact) mass is 397 g/mol. The van der Waals surface area contributed by atoms with Crippen molar-refractivity contribution in [2.45, 2.75) is 25.6 Å². The topological polar surface area (TPSA) is 100 Å². The van der Waals surface area contributed by atoms with E-state index >= 15 is 0 Å². The van der Waals surface area contributed by atoms with Crippen LogP contribution in [0.25, 0.3) is 0 Å². The van der Waals surface area contributed by atoms with E-state index in [4.69, 9.17) is 18.9 Å². The minimum atomic E-state index is -1.08. The van der Waals surface area contributed by atoms with Crippen LogP contribution in [-0.2, 0) is 25.5 Å². The number of rotatable bonds is 4. The first-order valence-electron chi connectivity index (χ1n) is 9.21. The lowest BCUT2D eigenvalue weighted by atomic mass is 9.99. The minimum Gasteiger partial charge on any atom is -0.486 e. The first kappa shape index (κ1) is 18.8. The zero-order valence-corrected chi connectivity index (χ0v) is 15.7. The molecule has 0 radical (unpaired) electrons. The molecule has 0 aromatic heterocycles. The van der Waals surface area contributed by atoms with Gasteiger partial charge in [0.1, 0.15) is 13.2 Å². The van der Waals surface area contributed by atoms with Crippen LogP contribution >= 0.6 is 0 Å². The van der Waals surface area contributed by atoms with Gasteiger partial charge in [0.25, 0.3) is 5.91 Å². The van der Waals surface area contributed by atoms with Crippen molar-refractivity contribution in [1.82, 2.24) is 0 Å². The van der Waals surface area contributed by atoms with Crippen molar-refractivity contribution in [3.8, 4) is 11.5 Å². The molecule has 4 rings (SSSR count). The molecule has 0 fully saturated rings. The number of cyclic esters (lactones) is 1. The summed E-state index contributed by atoms with van der Waals surface area (Å²) >= 11 is 0. The lowest BCUT2D eigenvalue weighted by molar-refractivity contribution is -0.162. The van der Waals surface area contributed by atoms with Gasteiger partial charge in [0.05, 0.1) is 5.56 Å². The molecular weight excluding hydrogens is 378 g/mol. The summed E-state index contributed by atoms with van der Waals surface area (Å²) in [6.07, 6.45) is -1.95. The van der Waals surface area contributed by atoms with Gasteiger partial charge in [0.15, 0.2) is 17.6 Å². The Morgan fingerprint density at radius 2 is 1.86 bits per heavy atom. The molecule has 2 aliphatic rings. The number of fused-ring (bicyclic) bond motifs is 2. The third-order valence-electron chi connectivity index (χ3n) is 4.63. The van der Waals surface area contributed by atoms with Gasteiger partial charge in [-0.15, -0.1) is 0 Å². The van der Waals surface area contributed by atoms with Crippen LogP contribution in [-0.4, -0.2) is 43.3 Å². The fourth-order valence-corrected chi connectivity index (χ4v) is 3.13. The summed E-state index contributed by atoms with van der Waals surface area (Å²) in [6.45, 7) is 2.35. The number of nitrogens with one attached hydrogen (secondary N) is 1. The van der Waals surface area contributed by atoms with Crippen LogP contribution in [0.15, 0.2) is 42.5 Å². The SMILES string of the molecule is C[C@H](OC(=O)[C@H]1Cc2ccccc2C(=O)O1)C(=O)Nc1ccc2c(c1)OCCO2. The van der Waals surface area contributed by atoms with E-state index in [9.17, 15) is 14.4 Å². The van der Waals surface area contributed by atoms with Gasteiger partial charge in [0, 0.05) is 18.2 Å². The second-order valence-corrected chi connectivity index (χ2v) is 6.68. The highest BCUT2D eigenvalue weighted by Gasteiger charge is 2.34. The summed E-state index contributed by atoms with van der Waals surface area (Å²) in [6, 6.07) is 11.9. The van der Waals surface area contributed by atoms with Crippen LogP contribution in [0.2, 0.25) is 0 Å². The largest absolute Gasteiger partial charge is 0.486 e. The molecule has 0 aliphatic carbocycles. The maximum absolute atomic E-state index is 12.4. The summed E-state index contributed by atoms with van der Waals surface area (Å²) < 4.78 is 21.3. The zero-order valence-electron chi connectivity index (χ0n) is 15.7. The maximum atomic E-state index is 12.4. The molecule has 0 bridgehead atoms. The Hall–Kier alpha value is -3.55. The van der Waals surface area contributed by atoms with Gasteiger partial charge < -0.3 is 24.3 Å². The smallest absolute Gasteiger partial charge is 0.348 e. The van der Waals surface area contributed by atoms with E-state index in [0.717, 1.165) is 0 Å². The quantitative estimate of drug-likeness (QED) is 0.789. The lowest BCUT2D eigenvalue weighted by Crippen LogP contribution is -2.39. The Bertz CT molecular complexity index is 971. The maximum Gasteiger partial charge on any atom is 0.348 e. The van der Waals surface area contributed by atoms with Gasteiger partial charge in [-0.3, -0.25) is 4.79 Å². The van der Waals surface area contributed by atoms with Gasteiger partial charge in [-0.05, 0) is 30.7 Å². The zero-order chi connectivity index (χ0) is 20.4. The molecule has 2 atom stereocenters. The Labute approximate surface area is 166 Å². The first-order valence-corrected chi connectivity index (χ1v) is 9.21. The number of carbonyl (C=O) groups is 3. The second kappa shape index (κ2) is 7.83. The van der Waals surface area contributed by atoms with E-state index < -0.39 is 30.1 Å². The number of ether oxygens (including phenoxy) is 4. The molecule has 2 heterocycles. The molecule has 150 valence electrons. The van der Waals surface area contributed by atoms with Crippen molar-refractivity contribution in [3.63, 3.8) is 0 Å². The normalized spacial score (nSPS) is 18.1. The summed E-state index contributed by atoms with van der Waals surface area (Å²) in [5.41, 5.74) is 1.63. The summed E-state index contributed by atoms with van der Waals surface area (Å²) in [5, 5.41) is 2.67. The number of benzene rings is 2. The van der Waals surface area contributed by atoms with Crippen LogP contribution in [0.4, 0.5) is 5.69 Å². The summed E-state index contributed by atoms with van der Waals surface area (Å²) in [7, 11) is 0. The Morgan fingerprint density at radius 3 is 2.69 bits per heavy atom. The van der Waals surface area contributed by atoms with Gasteiger partial charge >= 0.3 is 11.9 Å². The van der Waals surface area contributed by atoms with Crippen molar-refractivity contribution >= 4 is 23.5 Å². The molecule has 29 heavy (non-hydrogen) atoms. The first-order chi connectivity index (χ1) is 14.0. The Morgan fingerprint density at radius 1 is 1.10 bits per heavy atom. The van der Waals surface area contributed by atoms with Crippen molar-refractivity contribution in [2.24, 2.45) is 0 Å². The molecule has 0 saturated carbocycles. The van der Waals surface area contributed by atoms with E-state index in [-0.39, 0.29) is 6.42 Å². The standard InChI is InChI=1S/C21H19NO7/c1-12(19(23)22-14-6-7-16-17(11-14)27-9-8-26-16)28-21(25)18-10-13-4-2-3-5-15(13)20(24)29-18/h2-7,11-12,18H,8-10H2,1H3,(H,22,23)/t12-,18+/m0/s1. The fraction of sp³-hybridized carbons (Fsp3) is 0.286. The molecule has 0 saturated heterocycles. The van der Waals surface area contributed by atoms with Crippen molar-refractivity contribution in [1.29, 1.82) is 0 Å². The summed E-state index contributed by atoms with van der Waals surface area (Å²) in [4.78, 5) is 36.8. The minimum absolute atomic E-state index is 0.206. The van der Waals surface area contributed by atoms with E-state index in [2.05, 4.69) is 5.32 Å². The Balaban J connectivity index is 1.36. The molecule has 0 unspecified atom stereocenters. The van der Waals surface area contributed by atoms with Gasteiger partial charge in [0.2, 0.25) is 6.10 Å². The van der Waals surface area contributed by atoms with Gasteiger partial charge in [-0.2, -0.15) is 0 Å². The van der Waals surface area contributed by atoms with Gasteiger partial charge in [-0.1, -0.05) is 18.2 Å². The highest BCUT2D eigenvalue weighted by molar-refractivity contribution is 5.97. The molecule has 8 heteroatoms. The van der Waals surface area contributed by atoms with E-state index in [1.807, 2.05) is 0 Å².